The molecule has 0 N–H and O–H groups in total. The smallest absolute Gasteiger partial charge is 0.339 e. The summed E-state index contributed by atoms with van der Waals surface area (Å²) in [7, 11) is 0. The van der Waals surface area contributed by atoms with Crippen molar-refractivity contribution in [2.45, 2.75) is 13.2 Å². The molecule has 50 heavy (non-hydrogen) atoms. The molecule has 0 spiro atoms. The molecular formula is C38H18F8O4. The summed E-state index contributed by atoms with van der Waals surface area (Å²) in [6, 6.07) is 19.3. The van der Waals surface area contributed by atoms with Crippen molar-refractivity contribution in [1.82, 2.24) is 0 Å². The normalized spacial score (nSPS) is 10.4. The van der Waals surface area contributed by atoms with Gasteiger partial charge in [-0.2, -0.15) is 0 Å². The monoisotopic (exact) mass is 690 g/mol. The molecule has 0 amide bonds. The van der Waals surface area contributed by atoms with Crippen molar-refractivity contribution in [1.29, 1.82) is 0 Å². The molecule has 0 saturated heterocycles. The van der Waals surface area contributed by atoms with Crippen LogP contribution in [0.25, 0.3) is 0 Å². The number of hydrogen-bond donors (Lipinski definition) is 0. The van der Waals surface area contributed by atoms with E-state index >= 15 is 0 Å². The second-order valence-corrected chi connectivity index (χ2v) is 10.2. The number of rotatable bonds is 6. The maximum atomic E-state index is 14.3. The van der Waals surface area contributed by atoms with E-state index in [1.54, 1.807) is 60.7 Å². The lowest BCUT2D eigenvalue weighted by Gasteiger charge is -2.12. The lowest BCUT2D eigenvalue weighted by Crippen LogP contribution is -2.14. The van der Waals surface area contributed by atoms with Crippen LogP contribution in [0.5, 0.6) is 0 Å². The molecule has 5 aromatic carbocycles. The maximum absolute atomic E-state index is 14.3. The molecule has 0 aliphatic rings. The molecule has 0 bridgehead atoms. The summed E-state index contributed by atoms with van der Waals surface area (Å²) in [5.74, 6) is -6.89. The van der Waals surface area contributed by atoms with Crippen LogP contribution in [0.4, 0.5) is 35.1 Å². The van der Waals surface area contributed by atoms with Crippen molar-refractivity contribution in [3.05, 3.63) is 176 Å². The highest BCUT2D eigenvalue weighted by atomic mass is 19.2. The van der Waals surface area contributed by atoms with Gasteiger partial charge in [0.05, 0.1) is 11.1 Å². The van der Waals surface area contributed by atoms with Gasteiger partial charge in [0, 0.05) is 33.4 Å². The van der Waals surface area contributed by atoms with Gasteiger partial charge in [0.2, 0.25) is 0 Å². The summed E-state index contributed by atoms with van der Waals surface area (Å²) in [6.07, 6.45) is 0. The quantitative estimate of drug-likeness (QED) is 0.0592. The molecule has 4 nitrogen and oxygen atoms in total. The summed E-state index contributed by atoms with van der Waals surface area (Å²) < 4.78 is 121. The lowest BCUT2D eigenvalue weighted by atomic mass is 9.97. The average Bonchev–Trinajstić information content (AvgIpc) is 3.13. The molecule has 250 valence electrons. The molecule has 0 heterocycles. The molecule has 12 heteroatoms. The van der Waals surface area contributed by atoms with Gasteiger partial charge in [-0.3, -0.25) is 0 Å². The Balaban J connectivity index is 1.58. The highest BCUT2D eigenvalue weighted by molar-refractivity contribution is 5.98. The van der Waals surface area contributed by atoms with Crippen LogP contribution in [0.15, 0.2) is 84.9 Å². The van der Waals surface area contributed by atoms with E-state index in [1.165, 1.54) is 0 Å². The van der Waals surface area contributed by atoms with E-state index < -0.39 is 82.8 Å². The molecular weight excluding hydrogens is 672 g/mol. The van der Waals surface area contributed by atoms with Gasteiger partial charge < -0.3 is 9.47 Å². The van der Waals surface area contributed by atoms with Crippen molar-refractivity contribution >= 4 is 11.9 Å². The van der Waals surface area contributed by atoms with Crippen LogP contribution < -0.4 is 0 Å². The predicted molar refractivity (Wildman–Crippen MR) is 162 cm³/mol. The number of benzene rings is 5. The van der Waals surface area contributed by atoms with Crippen molar-refractivity contribution < 1.29 is 54.2 Å². The van der Waals surface area contributed by atoms with Gasteiger partial charge >= 0.3 is 11.9 Å². The lowest BCUT2D eigenvalue weighted by molar-refractivity contribution is 0.0452. The summed E-state index contributed by atoms with van der Waals surface area (Å²) in [5.41, 5.74) is -1.85. The fraction of sp³-hybridized carbons (Fsp3) is 0.0526. The summed E-state index contributed by atoms with van der Waals surface area (Å²) in [6.45, 7) is -2.09. The third kappa shape index (κ3) is 7.83. The first kappa shape index (κ1) is 34.9. The first-order valence-electron chi connectivity index (χ1n) is 14.2. The molecule has 0 unspecified atom stereocenters. The van der Waals surface area contributed by atoms with Crippen LogP contribution in [0.2, 0.25) is 0 Å². The van der Waals surface area contributed by atoms with Crippen LogP contribution in [0.3, 0.4) is 0 Å². The molecule has 0 aromatic heterocycles. The molecule has 0 radical (unpaired) electrons. The molecule has 0 atom stereocenters. The Morgan fingerprint density at radius 2 is 0.820 bits per heavy atom. The fourth-order valence-corrected chi connectivity index (χ4v) is 4.36. The fourth-order valence-electron chi connectivity index (χ4n) is 4.36. The molecule has 5 rings (SSSR count). The Morgan fingerprint density at radius 3 is 1.18 bits per heavy atom. The zero-order valence-corrected chi connectivity index (χ0v) is 25.2. The molecule has 0 saturated carbocycles. The van der Waals surface area contributed by atoms with E-state index in [2.05, 4.69) is 23.7 Å². The summed E-state index contributed by atoms with van der Waals surface area (Å²) in [5, 5.41) is 0. The average molecular weight is 691 g/mol. The third-order valence-corrected chi connectivity index (χ3v) is 6.90. The number of carbonyl (C=O) groups is 2. The Hall–Kier alpha value is -6.40. The van der Waals surface area contributed by atoms with E-state index in [-0.39, 0.29) is 22.3 Å². The summed E-state index contributed by atoms with van der Waals surface area (Å²) >= 11 is 0. The summed E-state index contributed by atoms with van der Waals surface area (Å²) in [4.78, 5) is 26.7. The number of carbonyl (C=O) groups excluding carboxylic acids is 2. The van der Waals surface area contributed by atoms with Crippen molar-refractivity contribution in [2.75, 3.05) is 0 Å². The maximum Gasteiger partial charge on any atom is 0.339 e. The van der Waals surface area contributed by atoms with Gasteiger partial charge in [0.1, 0.15) is 13.2 Å². The zero-order chi connectivity index (χ0) is 35.9. The van der Waals surface area contributed by atoms with E-state index in [0.29, 0.717) is 23.3 Å². The van der Waals surface area contributed by atoms with Gasteiger partial charge in [0.15, 0.2) is 46.5 Å². The SMILES string of the molecule is O=C(OCc1cc(F)c(F)c(F)c1F)c1cc(C#Cc2ccccc2)c(C(=O)OCc2cc(F)c(F)c(F)c2F)cc1C#Cc1ccccc1. The minimum absolute atomic E-state index is 0.196. The van der Waals surface area contributed by atoms with Crippen LogP contribution in [0.1, 0.15) is 54.1 Å². The van der Waals surface area contributed by atoms with Crippen LogP contribution >= 0.6 is 0 Å². The van der Waals surface area contributed by atoms with Crippen molar-refractivity contribution in [3.8, 4) is 23.7 Å². The second-order valence-electron chi connectivity index (χ2n) is 10.2. The minimum Gasteiger partial charge on any atom is -0.457 e. The number of ether oxygens (including phenoxy) is 2. The first-order chi connectivity index (χ1) is 23.9. The Bertz CT molecular complexity index is 2090. The largest absolute Gasteiger partial charge is 0.457 e. The van der Waals surface area contributed by atoms with Crippen molar-refractivity contribution in [3.63, 3.8) is 0 Å². The first-order valence-corrected chi connectivity index (χ1v) is 14.2. The second kappa shape index (κ2) is 15.2. The highest BCUT2D eigenvalue weighted by Gasteiger charge is 2.24. The molecule has 0 aliphatic carbocycles. The van der Waals surface area contributed by atoms with E-state index in [9.17, 15) is 44.7 Å². The van der Waals surface area contributed by atoms with E-state index in [1.807, 2.05) is 0 Å². The minimum atomic E-state index is -2.11. The van der Waals surface area contributed by atoms with E-state index in [0.717, 1.165) is 12.1 Å². The Morgan fingerprint density at radius 1 is 0.460 bits per heavy atom. The van der Waals surface area contributed by atoms with Crippen LogP contribution in [0, 0.1) is 70.2 Å². The van der Waals surface area contributed by atoms with Gasteiger partial charge in [-0.15, -0.1) is 0 Å². The van der Waals surface area contributed by atoms with Crippen molar-refractivity contribution in [2.24, 2.45) is 0 Å². The highest BCUT2D eigenvalue weighted by Crippen LogP contribution is 2.24. The number of hydrogen-bond acceptors (Lipinski definition) is 4. The van der Waals surface area contributed by atoms with Gasteiger partial charge in [-0.05, 0) is 48.5 Å². The van der Waals surface area contributed by atoms with Crippen LogP contribution in [-0.4, -0.2) is 11.9 Å². The van der Waals surface area contributed by atoms with Gasteiger partial charge in [-0.25, -0.2) is 44.7 Å². The Kier molecular flexibility index (Phi) is 10.6. The predicted octanol–water partition coefficient (Wildman–Crippen LogP) is 8.31. The zero-order valence-electron chi connectivity index (χ0n) is 25.2. The Labute approximate surface area is 278 Å². The van der Waals surface area contributed by atoms with Gasteiger partial charge in [-0.1, -0.05) is 60.1 Å². The number of halogens is 8. The molecule has 5 aromatic rings. The molecule has 0 aliphatic heterocycles. The standard InChI is InChI=1S/C38H18F8O4/c39-29-17-25(31(41)35(45)33(29)43)19-49-37(47)27-16-24(14-12-22-9-5-2-6-10-22)28(15-23(27)13-11-21-7-3-1-4-8-21)38(48)50-20-26-18-30(40)34(44)36(46)32(26)42/h1-10,15-18H,19-20H2. The number of esters is 2. The van der Waals surface area contributed by atoms with E-state index in [4.69, 9.17) is 9.47 Å². The van der Waals surface area contributed by atoms with Gasteiger partial charge in [0.25, 0.3) is 0 Å². The van der Waals surface area contributed by atoms with Crippen LogP contribution in [-0.2, 0) is 22.7 Å². The molecule has 0 fully saturated rings. The third-order valence-electron chi connectivity index (χ3n) is 6.90. The topological polar surface area (TPSA) is 52.6 Å².